The Labute approximate surface area is 108 Å². The first-order valence-corrected chi connectivity index (χ1v) is 6.64. The fourth-order valence-corrected chi connectivity index (χ4v) is 2.32. The molecule has 1 heterocycles. The minimum absolute atomic E-state index is 0.748. The van der Waals surface area contributed by atoms with Crippen molar-refractivity contribution in [3.05, 3.63) is 29.3 Å². The van der Waals surface area contributed by atoms with E-state index in [1.54, 1.807) is 5.01 Å². The van der Waals surface area contributed by atoms with Crippen LogP contribution in [0.4, 0.5) is 5.69 Å². The van der Waals surface area contributed by atoms with Crippen LogP contribution >= 0.6 is 11.6 Å². The highest BCUT2D eigenvalue weighted by molar-refractivity contribution is 6.30. The van der Waals surface area contributed by atoms with Crippen LogP contribution in [0.25, 0.3) is 0 Å². The Morgan fingerprint density at radius 3 is 2.41 bits per heavy atom. The third-order valence-corrected chi connectivity index (χ3v) is 3.52. The Morgan fingerprint density at radius 1 is 1.12 bits per heavy atom. The lowest BCUT2D eigenvalue weighted by Gasteiger charge is -2.28. The first-order chi connectivity index (χ1) is 8.25. The van der Waals surface area contributed by atoms with Crippen LogP contribution in [0, 0.1) is 0 Å². The molecule has 2 N–H and O–H groups in total. The highest BCUT2D eigenvalue weighted by Crippen LogP contribution is 2.16. The third kappa shape index (κ3) is 3.87. The summed E-state index contributed by atoms with van der Waals surface area (Å²) in [6, 6.07) is 7.66. The number of hydrogen-bond donors (Lipinski definition) is 1. The zero-order chi connectivity index (χ0) is 12.1. The standard InChI is InChI=1S/C13H20ClN3/c14-12-4-6-13(7-5-12)17(15)11-10-16-8-2-1-3-9-16/h4-7H,1-3,8-11,15H2. The number of likely N-dealkylation sites (tertiary alicyclic amines) is 1. The van der Waals surface area contributed by atoms with Gasteiger partial charge in [-0.05, 0) is 50.2 Å². The number of piperidine rings is 1. The number of benzene rings is 1. The molecule has 0 saturated carbocycles. The van der Waals surface area contributed by atoms with E-state index >= 15 is 0 Å². The van der Waals surface area contributed by atoms with Crippen LogP contribution < -0.4 is 10.9 Å². The Balaban J connectivity index is 1.80. The molecule has 1 aliphatic rings. The van der Waals surface area contributed by atoms with Gasteiger partial charge in [0.2, 0.25) is 0 Å². The molecule has 1 saturated heterocycles. The minimum Gasteiger partial charge on any atom is -0.310 e. The SMILES string of the molecule is NN(CCN1CCCCC1)c1ccc(Cl)cc1. The van der Waals surface area contributed by atoms with E-state index in [1.165, 1.54) is 32.4 Å². The van der Waals surface area contributed by atoms with Gasteiger partial charge in [0, 0.05) is 18.1 Å². The minimum atomic E-state index is 0.748. The van der Waals surface area contributed by atoms with Gasteiger partial charge >= 0.3 is 0 Å². The van der Waals surface area contributed by atoms with Crippen molar-refractivity contribution in [3.8, 4) is 0 Å². The summed E-state index contributed by atoms with van der Waals surface area (Å²) < 4.78 is 0. The van der Waals surface area contributed by atoms with Crippen LogP contribution in [0.1, 0.15) is 19.3 Å². The lowest BCUT2D eigenvalue weighted by Crippen LogP contribution is -2.41. The number of hydrazine groups is 1. The molecule has 0 aliphatic carbocycles. The molecule has 0 amide bonds. The van der Waals surface area contributed by atoms with Crippen LogP contribution in [0.15, 0.2) is 24.3 Å². The number of nitrogens with zero attached hydrogens (tertiary/aromatic N) is 2. The summed E-state index contributed by atoms with van der Waals surface area (Å²) in [5.74, 6) is 6.03. The second-order valence-electron chi connectivity index (χ2n) is 4.57. The molecule has 0 radical (unpaired) electrons. The monoisotopic (exact) mass is 253 g/mol. The van der Waals surface area contributed by atoms with Crippen molar-refractivity contribution in [1.29, 1.82) is 0 Å². The predicted octanol–water partition coefficient (Wildman–Crippen LogP) is 2.51. The Bertz CT molecular complexity index is 333. The van der Waals surface area contributed by atoms with Crippen LogP contribution in [0.5, 0.6) is 0 Å². The Hall–Kier alpha value is -0.770. The molecule has 94 valence electrons. The fraction of sp³-hybridized carbons (Fsp3) is 0.538. The lowest BCUT2D eigenvalue weighted by molar-refractivity contribution is 0.233. The first kappa shape index (κ1) is 12.7. The van der Waals surface area contributed by atoms with E-state index in [9.17, 15) is 0 Å². The number of anilines is 1. The summed E-state index contributed by atoms with van der Waals surface area (Å²) in [4.78, 5) is 2.49. The summed E-state index contributed by atoms with van der Waals surface area (Å²) in [7, 11) is 0. The molecule has 0 unspecified atom stereocenters. The van der Waals surface area contributed by atoms with E-state index in [1.807, 2.05) is 24.3 Å². The van der Waals surface area contributed by atoms with Gasteiger partial charge < -0.3 is 9.91 Å². The van der Waals surface area contributed by atoms with Crippen LogP contribution in [-0.4, -0.2) is 31.1 Å². The molecule has 0 atom stereocenters. The van der Waals surface area contributed by atoms with Crippen molar-refractivity contribution in [2.45, 2.75) is 19.3 Å². The van der Waals surface area contributed by atoms with Crippen molar-refractivity contribution in [3.63, 3.8) is 0 Å². The second-order valence-corrected chi connectivity index (χ2v) is 5.01. The number of halogens is 1. The highest BCUT2D eigenvalue weighted by atomic mass is 35.5. The molecule has 0 aromatic heterocycles. The van der Waals surface area contributed by atoms with Gasteiger partial charge in [-0.2, -0.15) is 0 Å². The van der Waals surface area contributed by atoms with Gasteiger partial charge in [0.15, 0.2) is 0 Å². The summed E-state index contributed by atoms with van der Waals surface area (Å²) >= 11 is 5.85. The van der Waals surface area contributed by atoms with Crippen molar-refractivity contribution in [2.75, 3.05) is 31.2 Å². The van der Waals surface area contributed by atoms with Gasteiger partial charge in [0.25, 0.3) is 0 Å². The average Bonchev–Trinajstić information content (AvgIpc) is 2.38. The van der Waals surface area contributed by atoms with Gasteiger partial charge in [-0.3, -0.25) is 0 Å². The Morgan fingerprint density at radius 2 is 1.76 bits per heavy atom. The molecule has 17 heavy (non-hydrogen) atoms. The maximum atomic E-state index is 6.03. The summed E-state index contributed by atoms with van der Waals surface area (Å²) in [6.45, 7) is 4.34. The van der Waals surface area contributed by atoms with Gasteiger partial charge in [0.05, 0.1) is 5.69 Å². The summed E-state index contributed by atoms with van der Waals surface area (Å²) in [6.07, 6.45) is 4.02. The molecule has 1 fully saturated rings. The molecule has 2 rings (SSSR count). The maximum absolute atomic E-state index is 6.03. The zero-order valence-corrected chi connectivity index (χ0v) is 10.9. The quantitative estimate of drug-likeness (QED) is 0.661. The van der Waals surface area contributed by atoms with E-state index < -0.39 is 0 Å². The maximum Gasteiger partial charge on any atom is 0.0518 e. The molecule has 0 spiro atoms. The second kappa shape index (κ2) is 6.24. The number of hydrogen-bond acceptors (Lipinski definition) is 3. The number of nitrogens with two attached hydrogens (primary N) is 1. The summed E-state index contributed by atoms with van der Waals surface area (Å²) in [5.41, 5.74) is 1.02. The Kier molecular flexibility index (Phi) is 4.66. The molecule has 1 aromatic rings. The first-order valence-electron chi connectivity index (χ1n) is 6.26. The van der Waals surface area contributed by atoms with Gasteiger partial charge in [-0.15, -0.1) is 0 Å². The molecule has 0 bridgehead atoms. The lowest BCUT2D eigenvalue weighted by atomic mass is 10.1. The molecular weight excluding hydrogens is 234 g/mol. The molecular formula is C13H20ClN3. The van der Waals surface area contributed by atoms with Crippen LogP contribution in [0.2, 0.25) is 5.02 Å². The van der Waals surface area contributed by atoms with Crippen molar-refractivity contribution >= 4 is 17.3 Å². The molecule has 1 aliphatic heterocycles. The number of rotatable bonds is 4. The third-order valence-electron chi connectivity index (χ3n) is 3.26. The predicted molar refractivity (Wildman–Crippen MR) is 73.3 cm³/mol. The van der Waals surface area contributed by atoms with Gasteiger partial charge in [-0.1, -0.05) is 18.0 Å². The van der Waals surface area contributed by atoms with E-state index in [-0.39, 0.29) is 0 Å². The van der Waals surface area contributed by atoms with E-state index in [2.05, 4.69) is 4.90 Å². The van der Waals surface area contributed by atoms with Crippen LogP contribution in [0.3, 0.4) is 0 Å². The fourth-order valence-electron chi connectivity index (χ4n) is 2.19. The molecule has 4 heteroatoms. The van der Waals surface area contributed by atoms with E-state index in [0.29, 0.717) is 0 Å². The van der Waals surface area contributed by atoms with Gasteiger partial charge in [0.1, 0.15) is 0 Å². The largest absolute Gasteiger partial charge is 0.310 e. The van der Waals surface area contributed by atoms with Gasteiger partial charge in [-0.25, -0.2) is 5.84 Å². The van der Waals surface area contributed by atoms with E-state index in [0.717, 1.165) is 23.8 Å². The molecule has 1 aromatic carbocycles. The highest BCUT2D eigenvalue weighted by Gasteiger charge is 2.10. The average molecular weight is 254 g/mol. The van der Waals surface area contributed by atoms with Crippen molar-refractivity contribution in [1.82, 2.24) is 4.90 Å². The van der Waals surface area contributed by atoms with E-state index in [4.69, 9.17) is 17.4 Å². The van der Waals surface area contributed by atoms with Crippen LogP contribution in [-0.2, 0) is 0 Å². The smallest absolute Gasteiger partial charge is 0.0518 e. The zero-order valence-electron chi connectivity index (χ0n) is 10.1. The normalized spacial score (nSPS) is 17.1. The van der Waals surface area contributed by atoms with Crippen molar-refractivity contribution in [2.24, 2.45) is 5.84 Å². The topological polar surface area (TPSA) is 32.5 Å². The molecule has 3 nitrogen and oxygen atoms in total. The summed E-state index contributed by atoms with van der Waals surface area (Å²) in [5, 5.41) is 2.54. The van der Waals surface area contributed by atoms with Crippen molar-refractivity contribution < 1.29 is 0 Å².